The van der Waals surface area contributed by atoms with Gasteiger partial charge in [-0.2, -0.15) is 5.10 Å². The van der Waals surface area contributed by atoms with Crippen molar-refractivity contribution in [3.05, 3.63) is 24.7 Å². The molecule has 0 aliphatic rings. The summed E-state index contributed by atoms with van der Waals surface area (Å²) in [6.45, 7) is 2.81. The van der Waals surface area contributed by atoms with Crippen LogP contribution >= 0.6 is 0 Å². The Bertz CT molecular complexity index is 492. The Morgan fingerprint density at radius 3 is 2.94 bits per heavy atom. The van der Waals surface area contributed by atoms with E-state index in [4.69, 9.17) is 10.5 Å². The molecule has 5 heteroatoms. The van der Waals surface area contributed by atoms with Gasteiger partial charge >= 0.3 is 0 Å². The lowest BCUT2D eigenvalue weighted by Crippen LogP contribution is -2.03. The van der Waals surface area contributed by atoms with Crippen molar-refractivity contribution >= 4 is 5.69 Å². The molecule has 2 N–H and O–H groups in total. The predicted octanol–water partition coefficient (Wildman–Crippen LogP) is 1.56. The Morgan fingerprint density at radius 1 is 1.44 bits per heavy atom. The second-order valence-electron chi connectivity index (χ2n) is 3.34. The molecule has 0 radical (unpaired) electrons. The van der Waals surface area contributed by atoms with Crippen LogP contribution in [0.1, 0.15) is 6.92 Å². The van der Waals surface area contributed by atoms with Crippen LogP contribution in [0.25, 0.3) is 11.3 Å². The maximum atomic E-state index is 5.93. The van der Waals surface area contributed by atoms with E-state index in [1.807, 2.05) is 17.7 Å². The van der Waals surface area contributed by atoms with E-state index < -0.39 is 0 Å². The molecule has 0 amide bonds. The molecule has 0 aliphatic carbocycles. The highest BCUT2D eigenvalue weighted by molar-refractivity contribution is 5.78. The molecule has 0 bridgehead atoms. The van der Waals surface area contributed by atoms with Gasteiger partial charge in [-0.15, -0.1) is 0 Å². The van der Waals surface area contributed by atoms with Gasteiger partial charge in [0.1, 0.15) is 5.75 Å². The number of methoxy groups -OCH3 is 1. The Labute approximate surface area is 93.9 Å². The van der Waals surface area contributed by atoms with E-state index in [1.54, 1.807) is 25.7 Å². The van der Waals surface area contributed by atoms with Gasteiger partial charge in [-0.05, 0) is 13.0 Å². The molecule has 0 aliphatic heterocycles. The van der Waals surface area contributed by atoms with Crippen LogP contribution in [-0.4, -0.2) is 21.9 Å². The zero-order valence-electron chi connectivity index (χ0n) is 9.34. The minimum absolute atomic E-state index is 0.592. The first kappa shape index (κ1) is 10.5. The van der Waals surface area contributed by atoms with E-state index in [0.29, 0.717) is 11.4 Å². The number of hydrogen-bond acceptors (Lipinski definition) is 4. The Morgan fingerprint density at radius 2 is 2.25 bits per heavy atom. The molecule has 5 nitrogen and oxygen atoms in total. The molecule has 84 valence electrons. The van der Waals surface area contributed by atoms with E-state index in [-0.39, 0.29) is 0 Å². The van der Waals surface area contributed by atoms with Gasteiger partial charge in [0.25, 0.3) is 0 Å². The first-order chi connectivity index (χ1) is 7.77. The monoisotopic (exact) mass is 218 g/mol. The molecule has 0 spiro atoms. The molecule has 2 aromatic heterocycles. The SMILES string of the molecule is CCn1nccc1-c1c(N)cncc1OC. The summed E-state index contributed by atoms with van der Waals surface area (Å²) in [7, 11) is 1.60. The van der Waals surface area contributed by atoms with Crippen molar-refractivity contribution in [3.8, 4) is 17.0 Å². The Balaban J connectivity index is 2.63. The van der Waals surface area contributed by atoms with E-state index >= 15 is 0 Å². The summed E-state index contributed by atoms with van der Waals surface area (Å²) in [5.74, 6) is 0.662. The van der Waals surface area contributed by atoms with Crippen molar-refractivity contribution in [1.29, 1.82) is 0 Å². The fraction of sp³-hybridized carbons (Fsp3) is 0.273. The summed E-state index contributed by atoms with van der Waals surface area (Å²) in [6, 6.07) is 1.91. The summed E-state index contributed by atoms with van der Waals surface area (Å²) in [4.78, 5) is 4.00. The molecule has 0 saturated carbocycles. The summed E-state index contributed by atoms with van der Waals surface area (Å²) >= 11 is 0. The maximum Gasteiger partial charge on any atom is 0.148 e. The summed E-state index contributed by atoms with van der Waals surface area (Å²) < 4.78 is 7.14. The molecule has 2 heterocycles. The zero-order valence-corrected chi connectivity index (χ0v) is 9.34. The number of aryl methyl sites for hydroxylation is 1. The average molecular weight is 218 g/mol. The van der Waals surface area contributed by atoms with E-state index in [9.17, 15) is 0 Å². The van der Waals surface area contributed by atoms with Crippen LogP contribution in [0.4, 0.5) is 5.69 Å². The van der Waals surface area contributed by atoms with Gasteiger partial charge in [-0.25, -0.2) is 0 Å². The highest BCUT2D eigenvalue weighted by atomic mass is 16.5. The highest BCUT2D eigenvalue weighted by Gasteiger charge is 2.13. The van der Waals surface area contributed by atoms with Crippen LogP contribution in [0.5, 0.6) is 5.75 Å². The van der Waals surface area contributed by atoms with E-state index in [2.05, 4.69) is 10.1 Å². The number of nitrogens with two attached hydrogens (primary N) is 1. The van der Waals surface area contributed by atoms with Gasteiger partial charge in [0, 0.05) is 12.7 Å². The number of aromatic nitrogens is 3. The standard InChI is InChI=1S/C11H14N4O/c1-3-15-9(4-5-14-15)11-8(12)6-13-7-10(11)16-2/h4-7H,3,12H2,1-2H3. The topological polar surface area (TPSA) is 66.0 Å². The quantitative estimate of drug-likeness (QED) is 0.848. The predicted molar refractivity (Wildman–Crippen MR) is 62.1 cm³/mol. The van der Waals surface area contributed by atoms with Crippen molar-refractivity contribution in [3.63, 3.8) is 0 Å². The normalized spacial score (nSPS) is 10.4. The fourth-order valence-corrected chi connectivity index (χ4v) is 1.68. The van der Waals surface area contributed by atoms with Crippen LogP contribution in [0.3, 0.4) is 0 Å². The van der Waals surface area contributed by atoms with Crippen molar-refractivity contribution in [2.24, 2.45) is 0 Å². The third-order valence-electron chi connectivity index (χ3n) is 2.43. The lowest BCUT2D eigenvalue weighted by molar-refractivity contribution is 0.414. The summed E-state index contributed by atoms with van der Waals surface area (Å²) in [5.41, 5.74) is 8.31. The van der Waals surface area contributed by atoms with Gasteiger partial charge in [0.15, 0.2) is 0 Å². The zero-order chi connectivity index (χ0) is 11.5. The number of pyridine rings is 1. The molecule has 0 unspecified atom stereocenters. The van der Waals surface area contributed by atoms with Gasteiger partial charge in [0.2, 0.25) is 0 Å². The molecule has 0 saturated heterocycles. The summed E-state index contributed by atoms with van der Waals surface area (Å²) in [6.07, 6.45) is 5.02. The van der Waals surface area contributed by atoms with Crippen molar-refractivity contribution in [1.82, 2.24) is 14.8 Å². The summed E-state index contributed by atoms with van der Waals surface area (Å²) in [5, 5.41) is 4.21. The maximum absolute atomic E-state index is 5.93. The molecule has 0 fully saturated rings. The largest absolute Gasteiger partial charge is 0.494 e. The number of anilines is 1. The fourth-order valence-electron chi connectivity index (χ4n) is 1.68. The van der Waals surface area contributed by atoms with Gasteiger partial charge in [-0.1, -0.05) is 0 Å². The minimum atomic E-state index is 0.592. The van der Waals surface area contributed by atoms with Crippen LogP contribution in [-0.2, 0) is 6.54 Å². The van der Waals surface area contributed by atoms with Crippen LogP contribution in [0.2, 0.25) is 0 Å². The Kier molecular flexibility index (Phi) is 2.76. The first-order valence-electron chi connectivity index (χ1n) is 5.07. The molecule has 2 rings (SSSR count). The van der Waals surface area contributed by atoms with E-state index in [0.717, 1.165) is 17.8 Å². The number of hydrogen-bond donors (Lipinski definition) is 1. The molecule has 0 atom stereocenters. The molecular formula is C11H14N4O. The van der Waals surface area contributed by atoms with Crippen LogP contribution in [0.15, 0.2) is 24.7 Å². The third-order valence-corrected chi connectivity index (χ3v) is 2.43. The minimum Gasteiger partial charge on any atom is -0.494 e. The van der Waals surface area contributed by atoms with Crippen molar-refractivity contribution in [2.75, 3.05) is 12.8 Å². The second kappa shape index (κ2) is 4.22. The number of rotatable bonds is 3. The van der Waals surface area contributed by atoms with Crippen molar-refractivity contribution in [2.45, 2.75) is 13.5 Å². The number of ether oxygens (including phenoxy) is 1. The molecule has 2 aromatic rings. The van der Waals surface area contributed by atoms with Crippen LogP contribution < -0.4 is 10.5 Å². The molecule has 16 heavy (non-hydrogen) atoms. The molecular weight excluding hydrogens is 204 g/mol. The number of nitrogens with zero attached hydrogens (tertiary/aromatic N) is 3. The Hall–Kier alpha value is -2.04. The third kappa shape index (κ3) is 1.60. The van der Waals surface area contributed by atoms with Gasteiger partial charge < -0.3 is 10.5 Å². The second-order valence-corrected chi connectivity index (χ2v) is 3.34. The van der Waals surface area contributed by atoms with Crippen molar-refractivity contribution < 1.29 is 4.74 Å². The lowest BCUT2D eigenvalue weighted by atomic mass is 10.1. The lowest BCUT2D eigenvalue weighted by Gasteiger charge is -2.11. The van der Waals surface area contributed by atoms with Crippen LogP contribution in [0, 0.1) is 0 Å². The first-order valence-corrected chi connectivity index (χ1v) is 5.07. The van der Waals surface area contributed by atoms with E-state index in [1.165, 1.54) is 0 Å². The van der Waals surface area contributed by atoms with Gasteiger partial charge in [-0.3, -0.25) is 9.67 Å². The van der Waals surface area contributed by atoms with Gasteiger partial charge in [0.05, 0.1) is 36.4 Å². The number of nitrogen functional groups attached to an aromatic ring is 1. The smallest absolute Gasteiger partial charge is 0.148 e. The highest BCUT2D eigenvalue weighted by Crippen LogP contribution is 2.33. The molecule has 0 aromatic carbocycles. The average Bonchev–Trinajstić information content (AvgIpc) is 2.76.